The second-order valence-electron chi connectivity index (χ2n) is 8.64. The molecule has 11 nitrogen and oxygen atoms in total. The molecule has 1 aromatic rings. The normalized spacial score (nSPS) is 15.6. The van der Waals surface area contributed by atoms with Gasteiger partial charge in [-0.15, -0.1) is 0 Å². The number of hydrogen-bond donors (Lipinski definition) is 4. The van der Waals surface area contributed by atoms with Gasteiger partial charge in [0.25, 0.3) is 0 Å². The molecule has 3 amide bonds. The number of aryl methyl sites for hydroxylation is 1. The maximum atomic E-state index is 13.1. The lowest BCUT2D eigenvalue weighted by Gasteiger charge is -2.34. The Kier molecular flexibility index (Phi) is 9.56. The molecule has 1 aliphatic rings. The summed E-state index contributed by atoms with van der Waals surface area (Å²) in [5, 5.41) is 13.2. The van der Waals surface area contributed by atoms with Crippen LogP contribution in [0.25, 0.3) is 0 Å². The molecule has 0 aromatic heterocycles. The van der Waals surface area contributed by atoms with E-state index < -0.39 is 40.4 Å². The third kappa shape index (κ3) is 7.80. The first kappa shape index (κ1) is 27.3. The van der Waals surface area contributed by atoms with Crippen LogP contribution in [0.5, 0.6) is 0 Å². The Bertz CT molecular complexity index is 1000. The first-order valence-corrected chi connectivity index (χ1v) is 12.5. The van der Waals surface area contributed by atoms with Crippen LogP contribution in [0.15, 0.2) is 29.2 Å². The van der Waals surface area contributed by atoms with E-state index in [1.165, 1.54) is 12.1 Å². The highest BCUT2D eigenvalue weighted by Gasteiger charge is 2.34. The third-order valence-corrected chi connectivity index (χ3v) is 7.04. The van der Waals surface area contributed by atoms with Crippen molar-refractivity contribution >= 4 is 33.7 Å². The number of nitrogens with one attached hydrogen (secondary N) is 3. The Morgan fingerprint density at radius 2 is 1.62 bits per heavy atom. The van der Waals surface area contributed by atoms with Crippen LogP contribution in [-0.2, 0) is 29.2 Å². The molecule has 0 aliphatic carbocycles. The molecule has 34 heavy (non-hydrogen) atoms. The van der Waals surface area contributed by atoms with E-state index in [4.69, 9.17) is 5.11 Å². The predicted molar refractivity (Wildman–Crippen MR) is 123 cm³/mol. The molecule has 1 saturated heterocycles. The molecule has 1 atom stereocenters. The Labute approximate surface area is 199 Å². The van der Waals surface area contributed by atoms with Crippen LogP contribution < -0.4 is 15.4 Å². The molecule has 1 unspecified atom stereocenters. The summed E-state index contributed by atoms with van der Waals surface area (Å²) in [5.41, 5.74) is 0.920. The molecule has 0 saturated carbocycles. The van der Waals surface area contributed by atoms with Gasteiger partial charge in [-0.05, 0) is 37.8 Å². The highest BCUT2D eigenvalue weighted by molar-refractivity contribution is 7.89. The van der Waals surface area contributed by atoms with E-state index in [1.807, 2.05) is 6.92 Å². The molecule has 0 bridgehead atoms. The molecule has 1 heterocycles. The van der Waals surface area contributed by atoms with Crippen LogP contribution in [-0.4, -0.2) is 74.3 Å². The van der Waals surface area contributed by atoms with Crippen molar-refractivity contribution in [3.63, 3.8) is 0 Å². The topological polar surface area (TPSA) is 162 Å². The van der Waals surface area contributed by atoms with Crippen molar-refractivity contribution in [3.8, 4) is 0 Å². The summed E-state index contributed by atoms with van der Waals surface area (Å²) in [5.74, 6) is -3.19. The fourth-order valence-electron chi connectivity index (χ4n) is 3.53. The number of carboxylic acids is 1. The van der Waals surface area contributed by atoms with Crippen molar-refractivity contribution in [1.82, 2.24) is 20.3 Å². The van der Waals surface area contributed by atoms with Crippen molar-refractivity contribution in [2.24, 2.45) is 11.8 Å². The number of carboxylic acid groups (broad SMARTS) is 1. The van der Waals surface area contributed by atoms with Crippen molar-refractivity contribution < 1.29 is 32.7 Å². The van der Waals surface area contributed by atoms with Gasteiger partial charge in [-0.2, -0.15) is 4.72 Å². The van der Waals surface area contributed by atoms with Gasteiger partial charge in [0, 0.05) is 19.0 Å². The maximum absolute atomic E-state index is 13.1. The molecular formula is C22H32N4O7S. The average Bonchev–Trinajstić information content (AvgIpc) is 2.79. The number of carbonyl (C=O) groups excluding carboxylic acids is 3. The molecule has 12 heteroatoms. The van der Waals surface area contributed by atoms with Crippen LogP contribution in [0, 0.1) is 18.8 Å². The molecule has 4 N–H and O–H groups in total. The van der Waals surface area contributed by atoms with E-state index in [0.717, 1.165) is 5.56 Å². The first-order valence-electron chi connectivity index (χ1n) is 11.0. The van der Waals surface area contributed by atoms with Crippen LogP contribution in [0.2, 0.25) is 0 Å². The zero-order valence-corrected chi connectivity index (χ0v) is 20.4. The number of benzene rings is 1. The number of rotatable bonds is 10. The number of sulfonamides is 1. The smallest absolute Gasteiger partial charge is 0.322 e. The van der Waals surface area contributed by atoms with Gasteiger partial charge >= 0.3 is 5.97 Å². The SMILES string of the molecule is Cc1ccc(S(=O)(=O)NC(C(=O)N2CCC(C(=O)NCC(=O)NCC(=O)O)CC2)C(C)C)cc1. The molecule has 0 spiro atoms. The third-order valence-electron chi connectivity index (χ3n) is 5.58. The number of carbonyl (C=O) groups is 4. The number of likely N-dealkylation sites (tertiary alicyclic amines) is 1. The van der Waals surface area contributed by atoms with Gasteiger partial charge in [-0.25, -0.2) is 8.42 Å². The van der Waals surface area contributed by atoms with Gasteiger partial charge in [0.2, 0.25) is 27.7 Å². The van der Waals surface area contributed by atoms with Gasteiger partial charge < -0.3 is 20.6 Å². The van der Waals surface area contributed by atoms with Crippen molar-refractivity contribution in [3.05, 3.63) is 29.8 Å². The molecule has 1 fully saturated rings. The Hall–Kier alpha value is -2.99. The summed E-state index contributed by atoms with van der Waals surface area (Å²) in [6, 6.07) is 5.41. The standard InChI is InChI=1S/C22H32N4O7S/c1-14(2)20(25-34(32,33)17-6-4-15(3)5-7-17)22(31)26-10-8-16(9-11-26)21(30)24-12-18(27)23-13-19(28)29/h4-7,14,16,20,25H,8-13H2,1-3H3,(H,23,27)(H,24,30)(H,28,29). The first-order chi connectivity index (χ1) is 15.9. The van der Waals surface area contributed by atoms with Crippen LogP contribution >= 0.6 is 0 Å². The quantitative estimate of drug-likeness (QED) is 0.350. The number of amides is 3. The highest BCUT2D eigenvalue weighted by atomic mass is 32.2. The summed E-state index contributed by atoms with van der Waals surface area (Å²) in [7, 11) is -3.89. The fourth-order valence-corrected chi connectivity index (χ4v) is 4.87. The monoisotopic (exact) mass is 496 g/mol. The Morgan fingerprint density at radius 3 is 2.15 bits per heavy atom. The lowest BCUT2D eigenvalue weighted by atomic mass is 9.94. The van der Waals surface area contributed by atoms with Gasteiger partial charge in [0.05, 0.1) is 11.4 Å². The molecule has 188 valence electrons. The summed E-state index contributed by atoms with van der Waals surface area (Å²) < 4.78 is 28.1. The van der Waals surface area contributed by atoms with Crippen molar-refractivity contribution in [1.29, 1.82) is 0 Å². The van der Waals surface area contributed by atoms with E-state index in [-0.39, 0.29) is 42.3 Å². The zero-order valence-electron chi connectivity index (χ0n) is 19.5. The van der Waals surface area contributed by atoms with Crippen molar-refractivity contribution in [2.75, 3.05) is 26.2 Å². The van der Waals surface area contributed by atoms with Crippen LogP contribution in [0.3, 0.4) is 0 Å². The van der Waals surface area contributed by atoms with Gasteiger partial charge in [0.1, 0.15) is 12.6 Å². The molecule has 1 aromatic carbocycles. The van der Waals surface area contributed by atoms with E-state index in [0.29, 0.717) is 12.8 Å². The summed E-state index contributed by atoms with van der Waals surface area (Å²) >= 11 is 0. The van der Waals surface area contributed by atoms with E-state index in [1.54, 1.807) is 30.9 Å². The number of nitrogens with zero attached hydrogens (tertiary/aromatic N) is 1. The average molecular weight is 497 g/mol. The molecule has 1 aliphatic heterocycles. The number of piperidine rings is 1. The largest absolute Gasteiger partial charge is 0.480 e. The molecular weight excluding hydrogens is 464 g/mol. The van der Waals surface area contributed by atoms with Crippen LogP contribution in [0.1, 0.15) is 32.3 Å². The molecule has 0 radical (unpaired) electrons. The lowest BCUT2D eigenvalue weighted by molar-refractivity contribution is -0.139. The zero-order chi connectivity index (χ0) is 25.5. The number of hydrogen-bond acceptors (Lipinski definition) is 6. The maximum Gasteiger partial charge on any atom is 0.322 e. The van der Waals surface area contributed by atoms with Gasteiger partial charge in [-0.3, -0.25) is 19.2 Å². The van der Waals surface area contributed by atoms with Gasteiger partial charge in [-0.1, -0.05) is 31.5 Å². The highest BCUT2D eigenvalue weighted by Crippen LogP contribution is 2.20. The molecule has 2 rings (SSSR count). The van der Waals surface area contributed by atoms with E-state index >= 15 is 0 Å². The summed E-state index contributed by atoms with van der Waals surface area (Å²) in [6.45, 7) is 5.06. The van der Waals surface area contributed by atoms with E-state index in [2.05, 4.69) is 15.4 Å². The second-order valence-corrected chi connectivity index (χ2v) is 10.4. The fraction of sp³-hybridized carbons (Fsp3) is 0.545. The minimum Gasteiger partial charge on any atom is -0.480 e. The summed E-state index contributed by atoms with van der Waals surface area (Å²) in [6.07, 6.45) is 0.730. The Balaban J connectivity index is 1.92. The Morgan fingerprint density at radius 1 is 1.03 bits per heavy atom. The van der Waals surface area contributed by atoms with Gasteiger partial charge in [0.15, 0.2) is 0 Å². The second kappa shape index (κ2) is 11.9. The van der Waals surface area contributed by atoms with Crippen LogP contribution in [0.4, 0.5) is 0 Å². The number of aliphatic carboxylic acids is 1. The lowest BCUT2D eigenvalue weighted by Crippen LogP contribution is -2.53. The minimum atomic E-state index is -3.89. The minimum absolute atomic E-state index is 0.0827. The van der Waals surface area contributed by atoms with Crippen molar-refractivity contribution in [2.45, 2.75) is 44.6 Å². The predicted octanol–water partition coefficient (Wildman–Crippen LogP) is -0.146. The summed E-state index contributed by atoms with van der Waals surface area (Å²) in [4.78, 5) is 49.1. The van der Waals surface area contributed by atoms with E-state index in [9.17, 15) is 27.6 Å².